The number of cyclic esters (lactones) is 1. The molecule has 10 nitrogen and oxygen atoms in total. The van der Waals surface area contributed by atoms with E-state index in [9.17, 15) is 14.7 Å². The smallest absolute Gasteiger partial charge is 0.338 e. The Hall–Kier alpha value is -3.47. The van der Waals surface area contributed by atoms with Gasteiger partial charge in [-0.25, -0.2) is 10.6 Å². The van der Waals surface area contributed by atoms with E-state index in [0.717, 1.165) is 65.9 Å². The molecule has 0 bridgehead atoms. The monoisotopic (exact) mass is 520 g/mol. The Labute approximate surface area is 222 Å². The van der Waals surface area contributed by atoms with Crippen LogP contribution in [0.1, 0.15) is 56.9 Å². The van der Waals surface area contributed by atoms with Crippen LogP contribution in [0.15, 0.2) is 35.4 Å². The Bertz CT molecular complexity index is 1240. The number of nitrogens with zero attached hydrogens (tertiary/aromatic N) is 4. The minimum absolute atomic E-state index is 0.123. The van der Waals surface area contributed by atoms with E-state index in [0.29, 0.717) is 38.2 Å². The number of benzene rings is 2. The number of hydrogen-bond donors (Lipinski definition) is 3. The predicted octanol–water partition coefficient (Wildman–Crippen LogP) is 1.42. The lowest BCUT2D eigenvalue weighted by molar-refractivity contribution is -0.134. The number of aliphatic hydroxyl groups is 1. The van der Waals surface area contributed by atoms with Crippen LogP contribution in [0.2, 0.25) is 0 Å². The molecule has 3 aliphatic rings. The molecule has 0 spiro atoms. The highest BCUT2D eigenvalue weighted by molar-refractivity contribution is 5.94. The van der Waals surface area contributed by atoms with Crippen LogP contribution >= 0.6 is 0 Å². The third kappa shape index (κ3) is 5.24. The Morgan fingerprint density at radius 3 is 2.82 bits per heavy atom. The maximum atomic E-state index is 13.4. The van der Waals surface area contributed by atoms with Crippen molar-refractivity contribution in [2.24, 2.45) is 16.8 Å². The van der Waals surface area contributed by atoms with Crippen LogP contribution in [0.5, 0.6) is 0 Å². The average Bonchev–Trinajstić information content (AvgIpc) is 3.52. The largest absolute Gasteiger partial charge is 0.457 e. The Morgan fingerprint density at radius 2 is 2.05 bits per heavy atom. The molecule has 1 saturated heterocycles. The number of hydrogen-bond acceptors (Lipinski definition) is 8. The number of amides is 1. The van der Waals surface area contributed by atoms with Crippen molar-refractivity contribution in [1.29, 1.82) is 0 Å². The first kappa shape index (κ1) is 26.1. The lowest BCUT2D eigenvalue weighted by atomic mass is 9.95. The molecule has 1 amide bonds. The lowest BCUT2D eigenvalue weighted by Crippen LogP contribution is -2.51. The molecular formula is C28H36N6O4. The molecule has 0 saturated carbocycles. The van der Waals surface area contributed by atoms with Gasteiger partial charge in [0.15, 0.2) is 0 Å². The highest BCUT2D eigenvalue weighted by Crippen LogP contribution is 2.36. The molecule has 2 heterocycles. The number of hydrazine groups is 1. The van der Waals surface area contributed by atoms with E-state index in [-0.39, 0.29) is 17.8 Å². The van der Waals surface area contributed by atoms with Crippen LogP contribution in [0.4, 0.5) is 5.69 Å². The third-order valence-corrected chi connectivity index (χ3v) is 8.17. The zero-order chi connectivity index (χ0) is 26.8. The molecule has 1 fully saturated rings. The molecule has 38 heavy (non-hydrogen) atoms. The number of esters is 1. The molecule has 0 aromatic heterocycles. The molecule has 5 N–H and O–H groups in total. The van der Waals surface area contributed by atoms with Crippen LogP contribution in [0.3, 0.4) is 0 Å². The second-order valence-electron chi connectivity index (χ2n) is 10.4. The molecule has 2 unspecified atom stereocenters. The number of carbonyl (C=O) groups excluding carboxylic acids is 2. The maximum Gasteiger partial charge on any atom is 0.338 e. The summed E-state index contributed by atoms with van der Waals surface area (Å²) in [6.07, 6.45) is 3.93. The number of rotatable bonds is 8. The average molecular weight is 521 g/mol. The number of anilines is 1. The molecule has 0 radical (unpaired) electrons. The summed E-state index contributed by atoms with van der Waals surface area (Å²) in [6, 6.07) is 9.69. The number of aliphatic hydroxyl groups excluding tert-OH is 1. The normalized spacial score (nSPS) is 19.9. The van der Waals surface area contributed by atoms with Gasteiger partial charge in [-0.15, -0.1) is 0 Å². The second-order valence-corrected chi connectivity index (χ2v) is 10.4. The first-order valence-corrected chi connectivity index (χ1v) is 13.2. The van der Waals surface area contributed by atoms with Gasteiger partial charge in [-0.3, -0.25) is 14.7 Å². The van der Waals surface area contributed by atoms with Crippen molar-refractivity contribution >= 4 is 23.9 Å². The zero-order valence-corrected chi connectivity index (χ0v) is 21.8. The summed E-state index contributed by atoms with van der Waals surface area (Å²) in [5, 5.41) is 15.5. The van der Waals surface area contributed by atoms with E-state index < -0.39 is 6.10 Å². The SMILES string of the molecule is Cc1c(CCC(O)CN2CCN(C(=O)C3CCc4cc(N(N)/C=N\N)ccc43)CC2)ccc2c1COC2=O. The number of piperazine rings is 1. The van der Waals surface area contributed by atoms with Crippen molar-refractivity contribution < 1.29 is 19.4 Å². The first-order chi connectivity index (χ1) is 18.4. The van der Waals surface area contributed by atoms with Crippen LogP contribution in [0.25, 0.3) is 0 Å². The Balaban J connectivity index is 1.10. The summed E-state index contributed by atoms with van der Waals surface area (Å²) in [5.74, 6) is 10.9. The standard InChI is InChI=1S/C28H36N6O4/c1-18-19(3-8-25-26(18)16-38-28(25)37)2-6-22(35)15-32-10-12-33(13-11-32)27(36)24-7-4-20-14-21(5-9-23(20)24)34(30)17-31-29/h3,5,8-9,14,17,22,24,35H,2,4,6-7,10-13,15-16,29-30H2,1H3/b31-17-. The van der Waals surface area contributed by atoms with Gasteiger partial charge in [-0.2, -0.15) is 5.10 Å². The van der Waals surface area contributed by atoms with Gasteiger partial charge in [0.25, 0.3) is 0 Å². The fourth-order valence-electron chi connectivity index (χ4n) is 5.91. The van der Waals surface area contributed by atoms with Gasteiger partial charge in [0.05, 0.1) is 23.3 Å². The van der Waals surface area contributed by atoms with Crippen LogP contribution in [0, 0.1) is 6.92 Å². The van der Waals surface area contributed by atoms with Crippen molar-refractivity contribution in [3.05, 3.63) is 63.7 Å². The Morgan fingerprint density at radius 1 is 1.26 bits per heavy atom. The van der Waals surface area contributed by atoms with E-state index in [4.69, 9.17) is 16.4 Å². The van der Waals surface area contributed by atoms with Gasteiger partial charge >= 0.3 is 5.97 Å². The minimum atomic E-state index is -0.454. The number of nitrogens with two attached hydrogens (primary N) is 2. The molecule has 10 heteroatoms. The molecule has 5 rings (SSSR count). The Kier molecular flexibility index (Phi) is 7.64. The number of ether oxygens (including phenoxy) is 1. The van der Waals surface area contributed by atoms with E-state index in [2.05, 4.69) is 10.0 Å². The molecule has 2 aromatic rings. The zero-order valence-electron chi connectivity index (χ0n) is 21.8. The first-order valence-electron chi connectivity index (χ1n) is 13.2. The number of β-amino-alcohol motifs (C(OH)–C–C–N with tert-alkyl or cyclic N) is 1. The van der Waals surface area contributed by atoms with E-state index in [1.807, 2.05) is 42.2 Å². The fourth-order valence-corrected chi connectivity index (χ4v) is 5.91. The summed E-state index contributed by atoms with van der Waals surface area (Å²) in [6.45, 7) is 5.77. The van der Waals surface area contributed by atoms with Gasteiger partial charge in [0.2, 0.25) is 5.91 Å². The third-order valence-electron chi connectivity index (χ3n) is 8.17. The van der Waals surface area contributed by atoms with Gasteiger partial charge in [-0.05, 0) is 73.1 Å². The van der Waals surface area contributed by atoms with Crippen molar-refractivity contribution in [2.75, 3.05) is 37.7 Å². The van der Waals surface area contributed by atoms with Gasteiger partial charge in [-0.1, -0.05) is 12.1 Å². The topological polar surface area (TPSA) is 138 Å². The van der Waals surface area contributed by atoms with E-state index in [1.165, 1.54) is 11.3 Å². The summed E-state index contributed by atoms with van der Waals surface area (Å²) >= 11 is 0. The van der Waals surface area contributed by atoms with Crippen LogP contribution in [-0.4, -0.2) is 71.9 Å². The molecule has 1 aliphatic carbocycles. The van der Waals surface area contributed by atoms with E-state index >= 15 is 0 Å². The van der Waals surface area contributed by atoms with Crippen molar-refractivity contribution in [3.63, 3.8) is 0 Å². The lowest BCUT2D eigenvalue weighted by Gasteiger charge is -2.37. The van der Waals surface area contributed by atoms with Crippen LogP contribution < -0.4 is 16.7 Å². The van der Waals surface area contributed by atoms with Gasteiger partial charge in [0, 0.05) is 38.3 Å². The minimum Gasteiger partial charge on any atom is -0.457 e. The molecule has 202 valence electrons. The highest BCUT2D eigenvalue weighted by atomic mass is 16.5. The van der Waals surface area contributed by atoms with Crippen molar-refractivity contribution in [3.8, 4) is 0 Å². The fraction of sp³-hybridized carbons (Fsp3) is 0.464. The van der Waals surface area contributed by atoms with E-state index in [1.54, 1.807) is 0 Å². The highest BCUT2D eigenvalue weighted by Gasteiger charge is 2.33. The molecule has 2 aliphatic heterocycles. The number of carbonyl (C=O) groups is 2. The summed E-state index contributed by atoms with van der Waals surface area (Å²) in [7, 11) is 0. The van der Waals surface area contributed by atoms with Gasteiger partial charge < -0.3 is 20.6 Å². The number of aryl methyl sites for hydroxylation is 2. The van der Waals surface area contributed by atoms with Crippen molar-refractivity contribution in [2.45, 2.75) is 51.2 Å². The molecule has 2 aromatic carbocycles. The summed E-state index contributed by atoms with van der Waals surface area (Å²) in [5.41, 5.74) is 6.86. The van der Waals surface area contributed by atoms with Gasteiger partial charge in [0.1, 0.15) is 12.9 Å². The molecular weight excluding hydrogens is 484 g/mol. The summed E-state index contributed by atoms with van der Waals surface area (Å²) in [4.78, 5) is 29.3. The predicted molar refractivity (Wildman–Crippen MR) is 144 cm³/mol. The second kappa shape index (κ2) is 11.1. The maximum absolute atomic E-state index is 13.4. The molecule has 2 atom stereocenters. The quantitative estimate of drug-likeness (QED) is 0.156. The number of hydrazone groups is 1. The summed E-state index contributed by atoms with van der Waals surface area (Å²) < 4.78 is 5.14. The van der Waals surface area contributed by atoms with Crippen LogP contribution in [-0.2, 0) is 29.0 Å². The van der Waals surface area contributed by atoms with Crippen molar-refractivity contribution in [1.82, 2.24) is 9.80 Å². The number of fused-ring (bicyclic) bond motifs is 2.